The molecule has 5 nitrogen and oxygen atoms in total. The van der Waals surface area contributed by atoms with Crippen molar-refractivity contribution in [2.75, 3.05) is 33.2 Å². The van der Waals surface area contributed by atoms with E-state index in [2.05, 4.69) is 11.4 Å². The Morgan fingerprint density at radius 1 is 1.12 bits per heavy atom. The van der Waals surface area contributed by atoms with E-state index in [1.54, 1.807) is 33.5 Å². The highest BCUT2D eigenvalue weighted by Crippen LogP contribution is 2.38. The van der Waals surface area contributed by atoms with Crippen molar-refractivity contribution in [2.24, 2.45) is 0 Å². The minimum Gasteiger partial charge on any atom is -0.496 e. The van der Waals surface area contributed by atoms with Gasteiger partial charge < -0.3 is 19.5 Å². The number of nitriles is 1. The summed E-state index contributed by atoms with van der Waals surface area (Å²) in [5.74, 6) is 1.91. The molecule has 1 aromatic rings. The van der Waals surface area contributed by atoms with Crippen molar-refractivity contribution in [1.29, 1.82) is 5.26 Å². The maximum absolute atomic E-state index is 8.51. The maximum atomic E-state index is 8.51. The first kappa shape index (κ1) is 13.0. The van der Waals surface area contributed by atoms with E-state index in [-0.39, 0.29) is 0 Å². The van der Waals surface area contributed by atoms with Crippen LogP contribution in [0.3, 0.4) is 0 Å². The molecule has 1 rings (SSSR count). The molecule has 0 heterocycles. The van der Waals surface area contributed by atoms with Crippen LogP contribution in [0.5, 0.6) is 17.2 Å². The largest absolute Gasteiger partial charge is 0.496 e. The third-order valence-electron chi connectivity index (χ3n) is 2.25. The third-order valence-corrected chi connectivity index (χ3v) is 2.25. The topological polar surface area (TPSA) is 63.5 Å². The minimum absolute atomic E-state index is 0.415. The molecule has 0 bridgehead atoms. The van der Waals surface area contributed by atoms with E-state index in [4.69, 9.17) is 19.5 Å². The predicted octanol–water partition coefficient (Wildman–Crippen LogP) is 2.04. The number of anilines is 1. The molecule has 0 amide bonds. The standard InChI is InChI=1S/C12H16N2O3/c1-15-9-7-10(16-2)12(11(8-9)17-3)14-6-4-5-13/h7-8,14H,4,6H2,1-3H3. The van der Waals surface area contributed by atoms with E-state index in [1.165, 1.54) is 0 Å². The average Bonchev–Trinajstić information content (AvgIpc) is 2.38. The van der Waals surface area contributed by atoms with Crippen molar-refractivity contribution in [3.63, 3.8) is 0 Å². The molecule has 0 atom stereocenters. The van der Waals surface area contributed by atoms with Crippen LogP contribution < -0.4 is 19.5 Å². The molecule has 0 unspecified atom stereocenters. The van der Waals surface area contributed by atoms with Gasteiger partial charge in [0.2, 0.25) is 0 Å². The number of ether oxygens (including phenoxy) is 3. The lowest BCUT2D eigenvalue weighted by atomic mass is 10.2. The molecule has 0 saturated heterocycles. The van der Waals surface area contributed by atoms with E-state index < -0.39 is 0 Å². The summed E-state index contributed by atoms with van der Waals surface area (Å²) in [5, 5.41) is 11.6. The molecule has 0 spiro atoms. The first-order chi connectivity index (χ1) is 8.26. The Morgan fingerprint density at radius 3 is 2.12 bits per heavy atom. The Hall–Kier alpha value is -2.09. The number of hydrogen-bond acceptors (Lipinski definition) is 5. The molecule has 0 aliphatic rings. The van der Waals surface area contributed by atoms with E-state index in [0.29, 0.717) is 30.2 Å². The Morgan fingerprint density at radius 2 is 1.71 bits per heavy atom. The van der Waals surface area contributed by atoms with Gasteiger partial charge in [-0.05, 0) is 0 Å². The number of methoxy groups -OCH3 is 3. The van der Waals surface area contributed by atoms with Crippen molar-refractivity contribution in [2.45, 2.75) is 6.42 Å². The van der Waals surface area contributed by atoms with Gasteiger partial charge in [0, 0.05) is 18.7 Å². The number of hydrogen-bond donors (Lipinski definition) is 1. The summed E-state index contributed by atoms with van der Waals surface area (Å²) in [7, 11) is 4.73. The van der Waals surface area contributed by atoms with Gasteiger partial charge in [-0.1, -0.05) is 0 Å². The maximum Gasteiger partial charge on any atom is 0.149 e. The molecule has 1 aromatic carbocycles. The summed E-state index contributed by atoms with van der Waals surface area (Å²) in [6.45, 7) is 0.537. The van der Waals surface area contributed by atoms with Gasteiger partial charge >= 0.3 is 0 Å². The van der Waals surface area contributed by atoms with Crippen molar-refractivity contribution < 1.29 is 14.2 Å². The molecule has 92 valence electrons. The normalized spacial score (nSPS) is 9.29. The molecule has 17 heavy (non-hydrogen) atoms. The van der Waals surface area contributed by atoms with Gasteiger partial charge in [0.15, 0.2) is 0 Å². The van der Waals surface area contributed by atoms with Gasteiger partial charge in [0.05, 0.1) is 33.8 Å². The molecule has 0 fully saturated rings. The number of rotatable bonds is 6. The lowest BCUT2D eigenvalue weighted by Gasteiger charge is -2.15. The lowest BCUT2D eigenvalue weighted by Crippen LogP contribution is -2.04. The van der Waals surface area contributed by atoms with E-state index in [0.717, 1.165) is 5.69 Å². The monoisotopic (exact) mass is 236 g/mol. The van der Waals surface area contributed by atoms with Crippen molar-refractivity contribution in [3.05, 3.63) is 12.1 Å². The summed E-state index contributed by atoms with van der Waals surface area (Å²) in [4.78, 5) is 0. The lowest BCUT2D eigenvalue weighted by molar-refractivity contribution is 0.377. The zero-order chi connectivity index (χ0) is 12.7. The van der Waals surface area contributed by atoms with Crippen molar-refractivity contribution in [1.82, 2.24) is 0 Å². The smallest absolute Gasteiger partial charge is 0.149 e. The van der Waals surface area contributed by atoms with Gasteiger partial charge in [0.25, 0.3) is 0 Å². The first-order valence-corrected chi connectivity index (χ1v) is 5.17. The van der Waals surface area contributed by atoms with Crippen molar-refractivity contribution in [3.8, 4) is 23.3 Å². The summed E-state index contributed by atoms with van der Waals surface area (Å²) in [6.07, 6.45) is 0.415. The fourth-order valence-electron chi connectivity index (χ4n) is 1.42. The molecular formula is C12H16N2O3. The molecule has 0 aliphatic carbocycles. The zero-order valence-corrected chi connectivity index (χ0v) is 10.2. The highest BCUT2D eigenvalue weighted by molar-refractivity contribution is 5.68. The molecular weight excluding hydrogens is 220 g/mol. The van der Waals surface area contributed by atoms with Gasteiger partial charge in [-0.3, -0.25) is 0 Å². The number of nitrogens with zero attached hydrogens (tertiary/aromatic N) is 1. The van der Waals surface area contributed by atoms with E-state index in [1.807, 2.05) is 0 Å². The van der Waals surface area contributed by atoms with Gasteiger partial charge in [-0.2, -0.15) is 5.26 Å². The Labute approximate surface area is 101 Å². The van der Waals surface area contributed by atoms with Crippen LogP contribution in [0.1, 0.15) is 6.42 Å². The first-order valence-electron chi connectivity index (χ1n) is 5.17. The Bertz CT molecular complexity index is 388. The molecule has 5 heteroatoms. The van der Waals surface area contributed by atoms with Crippen LogP contribution in [0, 0.1) is 11.3 Å². The van der Waals surface area contributed by atoms with Crippen LogP contribution in [0.25, 0.3) is 0 Å². The van der Waals surface area contributed by atoms with Crippen LogP contribution in [0.2, 0.25) is 0 Å². The number of benzene rings is 1. The van der Waals surface area contributed by atoms with E-state index in [9.17, 15) is 0 Å². The van der Waals surface area contributed by atoms with Gasteiger partial charge in [-0.25, -0.2) is 0 Å². The van der Waals surface area contributed by atoms with Crippen LogP contribution in [0.4, 0.5) is 5.69 Å². The van der Waals surface area contributed by atoms with Crippen LogP contribution >= 0.6 is 0 Å². The molecule has 0 saturated carbocycles. The van der Waals surface area contributed by atoms with E-state index >= 15 is 0 Å². The van der Waals surface area contributed by atoms with Crippen LogP contribution in [0.15, 0.2) is 12.1 Å². The van der Waals surface area contributed by atoms with Gasteiger partial charge in [0.1, 0.15) is 22.9 Å². The van der Waals surface area contributed by atoms with Crippen molar-refractivity contribution >= 4 is 5.69 Å². The second-order valence-electron chi connectivity index (χ2n) is 3.24. The van der Waals surface area contributed by atoms with Crippen LogP contribution in [-0.2, 0) is 0 Å². The fourth-order valence-corrected chi connectivity index (χ4v) is 1.42. The second-order valence-corrected chi connectivity index (χ2v) is 3.24. The minimum atomic E-state index is 0.415. The highest BCUT2D eigenvalue weighted by atomic mass is 16.5. The molecule has 0 radical (unpaired) electrons. The summed E-state index contributed by atoms with van der Waals surface area (Å²) in [6, 6.07) is 5.59. The molecule has 1 N–H and O–H groups in total. The number of nitrogens with one attached hydrogen (secondary N) is 1. The Kier molecular flexibility index (Phi) is 4.95. The Balaban J connectivity index is 3.02. The molecule has 0 aliphatic heterocycles. The highest BCUT2D eigenvalue weighted by Gasteiger charge is 2.12. The zero-order valence-electron chi connectivity index (χ0n) is 10.2. The quantitative estimate of drug-likeness (QED) is 0.766. The molecule has 0 aromatic heterocycles. The summed E-state index contributed by atoms with van der Waals surface area (Å²) in [5.41, 5.74) is 0.728. The fraction of sp³-hybridized carbons (Fsp3) is 0.417. The second kappa shape index (κ2) is 6.48. The van der Waals surface area contributed by atoms with Gasteiger partial charge in [-0.15, -0.1) is 0 Å². The van der Waals surface area contributed by atoms with Crippen LogP contribution in [-0.4, -0.2) is 27.9 Å². The predicted molar refractivity (Wildman–Crippen MR) is 64.8 cm³/mol. The third kappa shape index (κ3) is 3.18. The SMILES string of the molecule is COc1cc(OC)c(NCCC#N)c(OC)c1. The summed E-state index contributed by atoms with van der Waals surface area (Å²) >= 11 is 0. The summed E-state index contributed by atoms with van der Waals surface area (Å²) < 4.78 is 15.7. The average molecular weight is 236 g/mol.